The van der Waals surface area contributed by atoms with E-state index in [4.69, 9.17) is 16.6 Å². The first-order chi connectivity index (χ1) is 16.5. The Kier molecular flexibility index (Phi) is 6.43. The smallest absolute Gasteiger partial charge is 0.264 e. The maximum atomic E-state index is 12.9. The van der Waals surface area contributed by atoms with E-state index in [1.807, 2.05) is 23.9 Å². The van der Waals surface area contributed by atoms with Crippen molar-refractivity contribution in [3.63, 3.8) is 0 Å². The topological polar surface area (TPSA) is 128 Å². The number of nitrogens with zero attached hydrogens (tertiary/aromatic N) is 7. The van der Waals surface area contributed by atoms with Crippen molar-refractivity contribution < 1.29 is 4.79 Å². The number of hydrogen-bond donors (Lipinski definition) is 2. The summed E-state index contributed by atoms with van der Waals surface area (Å²) < 4.78 is 1.81. The summed E-state index contributed by atoms with van der Waals surface area (Å²) in [6, 6.07) is 2.10. The van der Waals surface area contributed by atoms with Crippen molar-refractivity contribution in [3.05, 3.63) is 29.2 Å². The molecule has 1 saturated heterocycles. The van der Waals surface area contributed by atoms with Crippen molar-refractivity contribution in [1.29, 1.82) is 5.26 Å². The second-order valence-electron chi connectivity index (χ2n) is 8.46. The predicted octanol–water partition coefficient (Wildman–Crippen LogP) is 3.91. The average molecular weight is 498 g/mol. The first kappa shape index (κ1) is 22.7. The van der Waals surface area contributed by atoms with Crippen molar-refractivity contribution in [1.82, 2.24) is 34.8 Å². The molecule has 3 aromatic rings. The quantitative estimate of drug-likeness (QED) is 0.285. The number of allylic oxidation sites excluding steroid dienone is 1. The zero-order valence-corrected chi connectivity index (χ0v) is 20.2. The number of amides is 1. The number of nitrogens with one attached hydrogen (secondary N) is 2. The molecule has 10 nitrogen and oxygen atoms in total. The van der Waals surface area contributed by atoms with Gasteiger partial charge in [-0.2, -0.15) is 20.4 Å². The number of piperidine rings is 1. The van der Waals surface area contributed by atoms with Gasteiger partial charge < -0.3 is 10.2 Å². The average Bonchev–Trinajstić information content (AvgIpc) is 3.43. The zero-order chi connectivity index (χ0) is 23.7. The zero-order valence-electron chi connectivity index (χ0n) is 18.7. The number of rotatable bonds is 7. The Morgan fingerprint density at radius 2 is 2.26 bits per heavy atom. The van der Waals surface area contributed by atoms with Gasteiger partial charge in [0.2, 0.25) is 5.95 Å². The number of nitriles is 1. The van der Waals surface area contributed by atoms with Crippen LogP contribution in [0.15, 0.2) is 29.1 Å². The van der Waals surface area contributed by atoms with Crippen LogP contribution in [0.25, 0.3) is 11.0 Å². The molecule has 176 valence electrons. The highest BCUT2D eigenvalue weighted by Gasteiger charge is 2.29. The number of H-pyrrole nitrogens is 1. The van der Waals surface area contributed by atoms with Gasteiger partial charge in [-0.25, -0.2) is 4.98 Å². The minimum Gasteiger partial charge on any atom is -0.337 e. The number of thioether (sulfide) groups is 1. The molecule has 0 bridgehead atoms. The monoisotopic (exact) mass is 497 g/mol. The number of aromatic nitrogens is 6. The molecule has 3 aromatic heterocycles. The molecule has 0 radical (unpaired) electrons. The Labute approximate surface area is 205 Å². The van der Waals surface area contributed by atoms with Crippen LogP contribution >= 0.6 is 23.4 Å². The molecule has 1 amide bonds. The van der Waals surface area contributed by atoms with Crippen LogP contribution in [0.2, 0.25) is 5.15 Å². The summed E-state index contributed by atoms with van der Waals surface area (Å²) in [5.74, 6) is 0.599. The number of aryl methyl sites for hydroxylation is 1. The summed E-state index contributed by atoms with van der Waals surface area (Å²) in [4.78, 5) is 23.9. The first-order valence-corrected chi connectivity index (χ1v) is 12.6. The lowest BCUT2D eigenvalue weighted by molar-refractivity contribution is -0.127. The number of halogens is 1. The number of fused-ring (bicyclic) bond motifs is 1. The van der Waals surface area contributed by atoms with E-state index in [0.717, 1.165) is 37.9 Å². The van der Waals surface area contributed by atoms with Crippen LogP contribution in [0.4, 0.5) is 11.6 Å². The standard InChI is InChI=1S/C22H24ClN9OS/c1-2-32-11-15(10-25-32)26-22-27-19-17(18(23)29-30-19)20(28-22)34-16-4-3-7-31(12-16)21(33)14(9-24)8-13-5-6-13/h8,10-11,13,16H,2-7,12H2,1H3,(H2,26,27,28,29,30)/b14-8+/t16-/m1/s1. The molecule has 2 N–H and O–H groups in total. The second-order valence-corrected chi connectivity index (χ2v) is 10.1. The van der Waals surface area contributed by atoms with Crippen LogP contribution < -0.4 is 5.32 Å². The van der Waals surface area contributed by atoms with Gasteiger partial charge in [0.05, 0.1) is 17.3 Å². The molecule has 0 spiro atoms. The SMILES string of the molecule is CCn1cc(Nc2nc(S[C@@H]3CCCN(C(=O)/C(C#N)=C/C4CC4)C3)c3c(Cl)[nH]nc3n2)cn1. The fourth-order valence-corrected chi connectivity index (χ4v) is 5.51. The van der Waals surface area contributed by atoms with Gasteiger partial charge in [-0.05, 0) is 38.5 Å². The minimum absolute atomic E-state index is 0.110. The van der Waals surface area contributed by atoms with Gasteiger partial charge in [0.15, 0.2) is 5.65 Å². The number of likely N-dealkylation sites (tertiary alicyclic amines) is 1. The third-order valence-electron chi connectivity index (χ3n) is 5.87. The van der Waals surface area contributed by atoms with Gasteiger partial charge in [-0.15, -0.1) is 11.8 Å². The molecule has 0 aromatic carbocycles. The third-order valence-corrected chi connectivity index (χ3v) is 7.38. The Hall–Kier alpha value is -3.10. The largest absolute Gasteiger partial charge is 0.337 e. The highest BCUT2D eigenvalue weighted by atomic mass is 35.5. The fraction of sp³-hybridized carbons (Fsp3) is 0.455. The molecular formula is C22H24ClN9OS. The van der Waals surface area contributed by atoms with Gasteiger partial charge in [0.1, 0.15) is 21.8 Å². The van der Waals surface area contributed by atoms with Gasteiger partial charge in [-0.1, -0.05) is 17.7 Å². The van der Waals surface area contributed by atoms with Gasteiger partial charge in [0, 0.05) is 31.1 Å². The van der Waals surface area contributed by atoms with Crippen molar-refractivity contribution in [3.8, 4) is 6.07 Å². The summed E-state index contributed by atoms with van der Waals surface area (Å²) >= 11 is 7.93. The number of aromatic amines is 1. The molecule has 5 rings (SSSR count). The second kappa shape index (κ2) is 9.64. The van der Waals surface area contributed by atoms with Crippen LogP contribution in [0.3, 0.4) is 0 Å². The molecular weight excluding hydrogens is 474 g/mol. The van der Waals surface area contributed by atoms with Crippen molar-refractivity contribution in [2.45, 2.75) is 49.4 Å². The van der Waals surface area contributed by atoms with Crippen molar-refractivity contribution >= 4 is 51.9 Å². The van der Waals surface area contributed by atoms with Crippen LogP contribution in [0.5, 0.6) is 0 Å². The molecule has 0 unspecified atom stereocenters. The van der Waals surface area contributed by atoms with Crippen molar-refractivity contribution in [2.75, 3.05) is 18.4 Å². The maximum Gasteiger partial charge on any atom is 0.264 e. The van der Waals surface area contributed by atoms with Crippen LogP contribution in [-0.2, 0) is 11.3 Å². The Bertz CT molecular complexity index is 1290. The molecule has 1 saturated carbocycles. The highest BCUT2D eigenvalue weighted by molar-refractivity contribution is 8.00. The molecule has 1 aliphatic carbocycles. The molecule has 1 aliphatic heterocycles. The minimum atomic E-state index is -0.177. The van der Waals surface area contributed by atoms with E-state index in [-0.39, 0.29) is 16.7 Å². The van der Waals surface area contributed by atoms with Crippen molar-refractivity contribution in [2.24, 2.45) is 5.92 Å². The lowest BCUT2D eigenvalue weighted by atomic mass is 10.1. The molecule has 4 heterocycles. The van der Waals surface area contributed by atoms with E-state index in [1.165, 1.54) is 0 Å². The van der Waals surface area contributed by atoms with E-state index in [9.17, 15) is 10.1 Å². The molecule has 2 aliphatic rings. The maximum absolute atomic E-state index is 12.9. The van der Waals surface area contributed by atoms with Crippen LogP contribution in [0, 0.1) is 17.2 Å². The molecule has 12 heteroatoms. The molecule has 34 heavy (non-hydrogen) atoms. The predicted molar refractivity (Wildman–Crippen MR) is 130 cm³/mol. The summed E-state index contributed by atoms with van der Waals surface area (Å²) in [5.41, 5.74) is 1.50. The normalized spacial score (nSPS) is 18.8. The Morgan fingerprint density at radius 1 is 1.41 bits per heavy atom. The van der Waals surface area contributed by atoms with E-state index >= 15 is 0 Å². The lowest BCUT2D eigenvalue weighted by Crippen LogP contribution is -2.41. The number of hydrogen-bond acceptors (Lipinski definition) is 8. The van der Waals surface area contributed by atoms with E-state index in [0.29, 0.717) is 46.2 Å². The summed E-state index contributed by atoms with van der Waals surface area (Å²) in [7, 11) is 0. The summed E-state index contributed by atoms with van der Waals surface area (Å²) in [6.45, 7) is 3.97. The highest BCUT2D eigenvalue weighted by Crippen LogP contribution is 2.36. The molecule has 2 fully saturated rings. The summed E-state index contributed by atoms with van der Waals surface area (Å²) in [6.07, 6.45) is 9.33. The van der Waals surface area contributed by atoms with Gasteiger partial charge >= 0.3 is 0 Å². The molecule has 1 atom stereocenters. The van der Waals surface area contributed by atoms with E-state index in [1.54, 1.807) is 22.9 Å². The van der Waals surface area contributed by atoms with E-state index < -0.39 is 0 Å². The number of carbonyl (C=O) groups is 1. The van der Waals surface area contributed by atoms with E-state index in [2.05, 4.69) is 31.7 Å². The first-order valence-electron chi connectivity index (χ1n) is 11.3. The van der Waals surface area contributed by atoms with Crippen LogP contribution in [-0.4, -0.2) is 59.1 Å². The Balaban J connectivity index is 1.36. The van der Waals surface area contributed by atoms with Gasteiger partial charge in [0.25, 0.3) is 5.91 Å². The Morgan fingerprint density at radius 3 is 3.00 bits per heavy atom. The summed E-state index contributed by atoms with van der Waals surface area (Å²) in [5, 5.41) is 25.8. The van der Waals surface area contributed by atoms with Crippen LogP contribution in [0.1, 0.15) is 32.6 Å². The fourth-order valence-electron chi connectivity index (χ4n) is 3.93. The third kappa shape index (κ3) is 4.88. The number of carbonyl (C=O) groups excluding carboxylic acids is 1. The number of anilines is 2. The lowest BCUT2D eigenvalue weighted by Gasteiger charge is -2.32. The van der Waals surface area contributed by atoms with Gasteiger partial charge in [-0.3, -0.25) is 14.6 Å².